The molecule has 0 bridgehead atoms. The Morgan fingerprint density at radius 3 is 2.35 bits per heavy atom. The number of fused-ring (bicyclic) bond motifs is 1. The van der Waals surface area contributed by atoms with Crippen LogP contribution in [0.15, 0.2) is 18.6 Å². The number of alkyl halides is 3. The van der Waals surface area contributed by atoms with E-state index in [1.807, 2.05) is 0 Å². The number of hydroxylamine groups is 2. The normalized spacial score (nSPS) is 12.3. The number of nitrogens with zero attached hydrogens (tertiary/aromatic N) is 3. The van der Waals surface area contributed by atoms with Crippen LogP contribution in [0.5, 0.6) is 0 Å². The Labute approximate surface area is 128 Å². The first-order valence-corrected chi connectivity index (χ1v) is 6.43. The van der Waals surface area contributed by atoms with Gasteiger partial charge < -0.3 is 9.82 Å². The van der Waals surface area contributed by atoms with Crippen LogP contribution < -0.4 is 0 Å². The molecule has 0 aromatic carbocycles. The Balaban J connectivity index is 2.40. The van der Waals surface area contributed by atoms with Crippen LogP contribution >= 0.6 is 0 Å². The zero-order chi connectivity index (χ0) is 17.4. The van der Waals surface area contributed by atoms with Crippen molar-refractivity contribution in [2.75, 3.05) is 0 Å². The molecule has 0 spiro atoms. The lowest BCUT2D eigenvalue weighted by atomic mass is 10.1. The topological polar surface area (TPSA) is 88.2 Å². The second-order valence-electron chi connectivity index (χ2n) is 5.60. The minimum Gasteiger partial charge on any atom is -0.344 e. The highest BCUT2D eigenvalue weighted by molar-refractivity contribution is 6.04. The number of H-pyrrole nitrogens is 1. The van der Waals surface area contributed by atoms with Gasteiger partial charge in [0.15, 0.2) is 5.65 Å². The maximum Gasteiger partial charge on any atom is 0.493 e. The number of hydrogen-bond acceptors (Lipinski definition) is 5. The number of halogens is 3. The van der Waals surface area contributed by atoms with Crippen LogP contribution in [0, 0.1) is 0 Å². The van der Waals surface area contributed by atoms with Crippen molar-refractivity contribution < 1.29 is 27.6 Å². The Morgan fingerprint density at radius 2 is 1.78 bits per heavy atom. The molecule has 1 N–H and O–H groups in total. The minimum atomic E-state index is -5.22. The monoisotopic (exact) mass is 330 g/mol. The Kier molecular flexibility index (Phi) is 4.01. The Bertz CT molecular complexity index is 749. The van der Waals surface area contributed by atoms with Gasteiger partial charge in [0.2, 0.25) is 0 Å². The molecular formula is C13H13F3N4O3. The Hall–Kier alpha value is -2.65. The van der Waals surface area contributed by atoms with Gasteiger partial charge in [-0.2, -0.15) is 18.2 Å². The molecule has 0 aliphatic rings. The number of aromatic nitrogens is 3. The van der Waals surface area contributed by atoms with Crippen molar-refractivity contribution in [2.24, 2.45) is 0 Å². The summed E-state index contributed by atoms with van der Waals surface area (Å²) in [7, 11) is 0. The van der Waals surface area contributed by atoms with Gasteiger partial charge in [0.1, 0.15) is 5.52 Å². The third-order valence-corrected chi connectivity index (χ3v) is 2.74. The van der Waals surface area contributed by atoms with E-state index in [-0.39, 0.29) is 16.7 Å². The van der Waals surface area contributed by atoms with Crippen LogP contribution in [0.4, 0.5) is 13.2 Å². The van der Waals surface area contributed by atoms with Crippen LogP contribution in [0.1, 0.15) is 31.1 Å². The molecule has 2 aromatic rings. The van der Waals surface area contributed by atoms with E-state index in [1.165, 1.54) is 39.4 Å². The highest BCUT2D eigenvalue weighted by atomic mass is 19.4. The molecule has 7 nitrogen and oxygen atoms in total. The molecule has 2 rings (SSSR count). The number of hydrogen-bond donors (Lipinski definition) is 1. The number of rotatable bonds is 1. The van der Waals surface area contributed by atoms with Crippen molar-refractivity contribution in [3.05, 3.63) is 24.2 Å². The Morgan fingerprint density at radius 1 is 1.17 bits per heavy atom. The van der Waals surface area contributed by atoms with Gasteiger partial charge in [0, 0.05) is 18.6 Å². The smallest absolute Gasteiger partial charge is 0.344 e. The molecule has 0 radical (unpaired) electrons. The first-order chi connectivity index (χ1) is 10.5. The van der Waals surface area contributed by atoms with Crippen molar-refractivity contribution in [3.63, 3.8) is 0 Å². The number of aromatic amines is 1. The summed E-state index contributed by atoms with van der Waals surface area (Å²) in [6.07, 6.45) is -1.26. The van der Waals surface area contributed by atoms with Gasteiger partial charge in [-0.05, 0) is 20.8 Å². The third kappa shape index (κ3) is 3.41. The fraction of sp³-hybridized carbons (Fsp3) is 0.385. The second-order valence-corrected chi connectivity index (χ2v) is 5.60. The molecule has 0 fully saturated rings. The van der Waals surface area contributed by atoms with Crippen LogP contribution in [-0.4, -0.2) is 43.6 Å². The maximum atomic E-state index is 12.5. The maximum absolute atomic E-state index is 12.5. The van der Waals surface area contributed by atoms with E-state index in [1.54, 1.807) is 0 Å². The summed E-state index contributed by atoms with van der Waals surface area (Å²) in [6, 6.07) is 0. The van der Waals surface area contributed by atoms with E-state index in [0.29, 0.717) is 5.06 Å². The van der Waals surface area contributed by atoms with Crippen molar-refractivity contribution in [2.45, 2.75) is 32.5 Å². The zero-order valence-corrected chi connectivity index (χ0v) is 12.4. The summed E-state index contributed by atoms with van der Waals surface area (Å²) in [4.78, 5) is 38.4. The standard InChI is InChI=1S/C13H13F3N4O3/c1-12(2,3)20(23-11(22)13(14,15)16)10(21)7-6-19-9-8(7)17-4-5-18-9/h4-6H,1-3H3,(H,18,19). The van der Waals surface area contributed by atoms with Gasteiger partial charge >= 0.3 is 12.1 Å². The van der Waals surface area contributed by atoms with E-state index in [4.69, 9.17) is 0 Å². The molecule has 2 heterocycles. The first-order valence-electron chi connectivity index (χ1n) is 6.43. The molecule has 0 atom stereocenters. The van der Waals surface area contributed by atoms with Crippen LogP contribution in [0.25, 0.3) is 11.2 Å². The minimum absolute atomic E-state index is 0.0574. The third-order valence-electron chi connectivity index (χ3n) is 2.74. The molecule has 0 unspecified atom stereocenters. The van der Waals surface area contributed by atoms with E-state index in [2.05, 4.69) is 19.8 Å². The average Bonchev–Trinajstić information content (AvgIpc) is 2.85. The van der Waals surface area contributed by atoms with Crippen molar-refractivity contribution in [1.29, 1.82) is 0 Å². The summed E-state index contributed by atoms with van der Waals surface area (Å²) in [5.41, 5.74) is -0.816. The number of nitrogens with one attached hydrogen (secondary N) is 1. The highest BCUT2D eigenvalue weighted by Crippen LogP contribution is 2.25. The number of carbonyl (C=O) groups is 2. The summed E-state index contributed by atoms with van der Waals surface area (Å²) < 4.78 is 37.2. The van der Waals surface area contributed by atoms with Crippen LogP contribution in [-0.2, 0) is 9.63 Å². The highest BCUT2D eigenvalue weighted by Gasteiger charge is 2.45. The van der Waals surface area contributed by atoms with Crippen molar-refractivity contribution >= 4 is 23.0 Å². The van der Waals surface area contributed by atoms with Gasteiger partial charge in [0.05, 0.1) is 11.1 Å². The first kappa shape index (κ1) is 16.7. The molecule has 23 heavy (non-hydrogen) atoms. The molecule has 10 heteroatoms. The van der Waals surface area contributed by atoms with Crippen molar-refractivity contribution in [3.8, 4) is 0 Å². The molecule has 124 valence electrons. The van der Waals surface area contributed by atoms with Gasteiger partial charge in [-0.1, -0.05) is 0 Å². The summed E-state index contributed by atoms with van der Waals surface area (Å²) in [5, 5.41) is 0.375. The van der Waals surface area contributed by atoms with Crippen LogP contribution in [0.2, 0.25) is 0 Å². The summed E-state index contributed by atoms with van der Waals surface area (Å²) in [6.45, 7) is 4.28. The molecule has 0 saturated heterocycles. The predicted molar refractivity (Wildman–Crippen MR) is 72.0 cm³/mol. The van der Waals surface area contributed by atoms with E-state index < -0.39 is 23.6 Å². The molecule has 0 saturated carbocycles. The summed E-state index contributed by atoms with van der Waals surface area (Å²) >= 11 is 0. The van der Waals surface area contributed by atoms with E-state index >= 15 is 0 Å². The van der Waals surface area contributed by atoms with Gasteiger partial charge in [-0.3, -0.25) is 9.78 Å². The summed E-state index contributed by atoms with van der Waals surface area (Å²) in [5.74, 6) is -3.42. The lowest BCUT2D eigenvalue weighted by Gasteiger charge is -2.33. The largest absolute Gasteiger partial charge is 0.493 e. The van der Waals surface area contributed by atoms with Gasteiger partial charge in [0.25, 0.3) is 5.91 Å². The molecule has 1 amide bonds. The lowest BCUT2D eigenvalue weighted by Crippen LogP contribution is -2.48. The quantitative estimate of drug-likeness (QED) is 0.810. The molecule has 2 aromatic heterocycles. The van der Waals surface area contributed by atoms with Gasteiger partial charge in [-0.25, -0.2) is 9.78 Å². The van der Waals surface area contributed by atoms with Gasteiger partial charge in [-0.15, -0.1) is 0 Å². The number of amides is 1. The molecule has 0 aliphatic heterocycles. The zero-order valence-electron chi connectivity index (χ0n) is 12.4. The van der Waals surface area contributed by atoms with Crippen LogP contribution in [0.3, 0.4) is 0 Å². The molecule has 0 aliphatic carbocycles. The fourth-order valence-electron chi connectivity index (χ4n) is 1.74. The van der Waals surface area contributed by atoms with E-state index in [9.17, 15) is 22.8 Å². The molecular weight excluding hydrogens is 317 g/mol. The van der Waals surface area contributed by atoms with E-state index in [0.717, 1.165) is 0 Å². The lowest BCUT2D eigenvalue weighted by molar-refractivity contribution is -0.240. The number of carbonyl (C=O) groups excluding carboxylic acids is 2. The fourth-order valence-corrected chi connectivity index (χ4v) is 1.74. The predicted octanol–water partition coefficient (Wildman–Crippen LogP) is 2.22. The van der Waals surface area contributed by atoms with Crippen molar-refractivity contribution in [1.82, 2.24) is 20.0 Å². The second kappa shape index (κ2) is 5.52. The average molecular weight is 330 g/mol. The SMILES string of the molecule is CC(C)(C)N(OC(=O)C(F)(F)F)C(=O)c1c[nH]c2nccnc12.